The van der Waals surface area contributed by atoms with Crippen LogP contribution in [0.2, 0.25) is 0 Å². The molecule has 2 aromatic rings. The van der Waals surface area contributed by atoms with E-state index in [1.54, 1.807) is 11.8 Å². The molecule has 0 heterocycles. The van der Waals surface area contributed by atoms with E-state index in [4.69, 9.17) is 9.47 Å². The van der Waals surface area contributed by atoms with Gasteiger partial charge in [0.05, 0.1) is 6.42 Å². The fourth-order valence-corrected chi connectivity index (χ4v) is 4.85. The van der Waals surface area contributed by atoms with Crippen LogP contribution < -0.4 is 0 Å². The van der Waals surface area contributed by atoms with Gasteiger partial charge in [-0.1, -0.05) is 59.7 Å². The Labute approximate surface area is 207 Å². The van der Waals surface area contributed by atoms with Gasteiger partial charge in [0.1, 0.15) is 13.2 Å². The summed E-state index contributed by atoms with van der Waals surface area (Å²) in [4.78, 5) is 23.5. The lowest BCUT2D eigenvalue weighted by molar-refractivity contribution is -0.152. The maximum atomic E-state index is 11.8. The number of rotatable bonds is 16. The Morgan fingerprint density at radius 1 is 0.636 bits per heavy atom. The zero-order valence-electron chi connectivity index (χ0n) is 19.8. The minimum Gasteiger partial charge on any atom is -0.462 e. The van der Waals surface area contributed by atoms with E-state index in [2.05, 4.69) is 62.4 Å². The van der Waals surface area contributed by atoms with Gasteiger partial charge in [0.25, 0.3) is 0 Å². The highest BCUT2D eigenvalue weighted by Gasteiger charge is 2.06. The Morgan fingerprint density at radius 2 is 1.09 bits per heavy atom. The molecule has 0 radical (unpaired) electrons. The van der Waals surface area contributed by atoms with Crippen LogP contribution in [0.1, 0.15) is 41.5 Å². The molecule has 180 valence electrons. The smallest absolute Gasteiger partial charge is 0.306 e. The predicted octanol–water partition coefficient (Wildman–Crippen LogP) is 5.81. The van der Waals surface area contributed by atoms with Crippen LogP contribution in [0, 0.1) is 13.8 Å². The third-order valence-electron chi connectivity index (χ3n) is 5.04. The lowest BCUT2D eigenvalue weighted by Crippen LogP contribution is -2.14. The van der Waals surface area contributed by atoms with Gasteiger partial charge in [-0.25, -0.2) is 0 Å². The van der Waals surface area contributed by atoms with E-state index >= 15 is 0 Å². The largest absolute Gasteiger partial charge is 0.462 e. The monoisotopic (exact) mass is 488 g/mol. The average molecular weight is 489 g/mol. The molecule has 0 fully saturated rings. The van der Waals surface area contributed by atoms with Crippen molar-refractivity contribution in [1.29, 1.82) is 0 Å². The Morgan fingerprint density at radius 3 is 1.61 bits per heavy atom. The standard InChI is InChI=1S/C27H36O4S2/c1-22-5-9-24(10-6-22)13-19-32-18-3-4-26(28)30-16-17-31-27(29)15-21-33-20-14-25-11-7-23(2)8-12-25/h5-12H,3-4,13-21H2,1-2H3. The van der Waals surface area contributed by atoms with Crippen LogP contribution in [0.5, 0.6) is 0 Å². The first-order valence-electron chi connectivity index (χ1n) is 11.6. The summed E-state index contributed by atoms with van der Waals surface area (Å²) in [5, 5.41) is 0. The summed E-state index contributed by atoms with van der Waals surface area (Å²) >= 11 is 3.61. The number of aryl methyl sites for hydroxylation is 4. The van der Waals surface area contributed by atoms with E-state index in [0.29, 0.717) is 12.8 Å². The molecule has 0 saturated heterocycles. The maximum absolute atomic E-state index is 11.8. The molecule has 0 amide bonds. The predicted molar refractivity (Wildman–Crippen MR) is 140 cm³/mol. The van der Waals surface area contributed by atoms with Crippen molar-refractivity contribution in [2.24, 2.45) is 0 Å². The topological polar surface area (TPSA) is 52.6 Å². The molecule has 0 saturated carbocycles. The Bertz CT molecular complexity index is 819. The molecule has 0 unspecified atom stereocenters. The van der Waals surface area contributed by atoms with Crippen molar-refractivity contribution in [2.45, 2.75) is 46.0 Å². The molecule has 0 aromatic heterocycles. The molecule has 0 bridgehead atoms. The molecule has 33 heavy (non-hydrogen) atoms. The highest BCUT2D eigenvalue weighted by atomic mass is 32.2. The third-order valence-corrected chi connectivity index (χ3v) is 7.10. The van der Waals surface area contributed by atoms with E-state index in [0.717, 1.165) is 42.3 Å². The second kappa shape index (κ2) is 16.7. The molecule has 0 atom stereocenters. The van der Waals surface area contributed by atoms with Crippen LogP contribution in [0.3, 0.4) is 0 Å². The molecule has 0 aliphatic rings. The van der Waals surface area contributed by atoms with Gasteiger partial charge in [-0.15, -0.1) is 0 Å². The second-order valence-corrected chi connectivity index (χ2v) is 10.4. The van der Waals surface area contributed by atoms with Crippen LogP contribution in [0.25, 0.3) is 0 Å². The van der Waals surface area contributed by atoms with Gasteiger partial charge in [-0.3, -0.25) is 9.59 Å². The molecule has 2 aromatic carbocycles. The first-order chi connectivity index (χ1) is 16.0. The van der Waals surface area contributed by atoms with Crippen LogP contribution in [-0.4, -0.2) is 48.2 Å². The quantitative estimate of drug-likeness (QED) is 0.219. The average Bonchev–Trinajstić information content (AvgIpc) is 2.81. The fourth-order valence-electron chi connectivity index (χ4n) is 3.02. The van der Waals surface area contributed by atoms with Gasteiger partial charge >= 0.3 is 11.9 Å². The molecule has 6 heteroatoms. The number of ether oxygens (including phenoxy) is 2. The van der Waals surface area contributed by atoms with Crippen molar-refractivity contribution in [2.75, 3.05) is 36.2 Å². The van der Waals surface area contributed by atoms with E-state index in [1.807, 2.05) is 11.8 Å². The van der Waals surface area contributed by atoms with Crippen molar-refractivity contribution in [3.8, 4) is 0 Å². The normalized spacial score (nSPS) is 10.7. The molecular formula is C27H36O4S2. The van der Waals surface area contributed by atoms with Crippen LogP contribution in [-0.2, 0) is 31.9 Å². The highest BCUT2D eigenvalue weighted by molar-refractivity contribution is 7.99. The van der Waals surface area contributed by atoms with Gasteiger partial charge in [-0.05, 0) is 61.5 Å². The molecule has 2 rings (SSSR count). The second-order valence-electron chi connectivity index (χ2n) is 7.99. The number of carbonyl (C=O) groups excluding carboxylic acids is 2. The summed E-state index contributed by atoms with van der Waals surface area (Å²) in [6, 6.07) is 17.2. The lowest BCUT2D eigenvalue weighted by Gasteiger charge is -2.07. The summed E-state index contributed by atoms with van der Waals surface area (Å²) in [6.07, 6.45) is 3.64. The zero-order chi connectivity index (χ0) is 23.7. The van der Waals surface area contributed by atoms with Gasteiger partial charge in [-0.2, -0.15) is 23.5 Å². The maximum Gasteiger partial charge on any atom is 0.306 e. The first-order valence-corrected chi connectivity index (χ1v) is 13.9. The van der Waals surface area contributed by atoms with E-state index in [-0.39, 0.29) is 25.2 Å². The summed E-state index contributed by atoms with van der Waals surface area (Å²) in [7, 11) is 0. The number of esters is 2. The van der Waals surface area contributed by atoms with Crippen molar-refractivity contribution in [3.05, 3.63) is 70.8 Å². The van der Waals surface area contributed by atoms with E-state index in [1.165, 1.54) is 22.3 Å². The third kappa shape index (κ3) is 13.4. The molecule has 0 N–H and O–H groups in total. The number of thioether (sulfide) groups is 2. The van der Waals surface area contributed by atoms with Crippen LogP contribution >= 0.6 is 23.5 Å². The van der Waals surface area contributed by atoms with Gasteiger partial charge in [0, 0.05) is 12.2 Å². The lowest BCUT2D eigenvalue weighted by atomic mass is 10.1. The summed E-state index contributed by atoms with van der Waals surface area (Å²) in [6.45, 7) is 4.44. The first kappa shape index (κ1) is 27.3. The Kier molecular flexibility index (Phi) is 13.8. The molecule has 4 nitrogen and oxygen atoms in total. The molecule has 0 aliphatic carbocycles. The number of hydrogen-bond acceptors (Lipinski definition) is 6. The molecular weight excluding hydrogens is 452 g/mol. The van der Waals surface area contributed by atoms with Crippen LogP contribution in [0.4, 0.5) is 0 Å². The van der Waals surface area contributed by atoms with Gasteiger partial charge < -0.3 is 9.47 Å². The fraction of sp³-hybridized carbons (Fsp3) is 0.481. The van der Waals surface area contributed by atoms with Gasteiger partial charge in [0.15, 0.2) is 0 Å². The zero-order valence-corrected chi connectivity index (χ0v) is 21.5. The highest BCUT2D eigenvalue weighted by Crippen LogP contribution is 2.11. The van der Waals surface area contributed by atoms with E-state index in [9.17, 15) is 9.59 Å². The van der Waals surface area contributed by atoms with Crippen molar-refractivity contribution >= 4 is 35.5 Å². The van der Waals surface area contributed by atoms with Crippen molar-refractivity contribution in [1.82, 2.24) is 0 Å². The number of hydrogen-bond donors (Lipinski definition) is 0. The number of benzene rings is 2. The molecule has 0 spiro atoms. The Hall–Kier alpha value is -1.92. The summed E-state index contributed by atoms with van der Waals surface area (Å²) in [5.41, 5.74) is 5.22. The SMILES string of the molecule is Cc1ccc(CCSCCCC(=O)OCCOC(=O)CCSCCc2ccc(C)cc2)cc1. The van der Waals surface area contributed by atoms with E-state index < -0.39 is 0 Å². The van der Waals surface area contributed by atoms with Gasteiger partial charge in [0.2, 0.25) is 0 Å². The minimum atomic E-state index is -0.237. The number of carbonyl (C=O) groups is 2. The molecule has 0 aliphatic heterocycles. The van der Waals surface area contributed by atoms with Crippen LogP contribution in [0.15, 0.2) is 48.5 Å². The minimum absolute atomic E-state index is 0.129. The Balaban J connectivity index is 1.37. The summed E-state index contributed by atoms with van der Waals surface area (Å²) < 4.78 is 10.3. The summed E-state index contributed by atoms with van der Waals surface area (Å²) in [5.74, 6) is 3.26. The van der Waals surface area contributed by atoms with Crippen molar-refractivity contribution in [3.63, 3.8) is 0 Å². The van der Waals surface area contributed by atoms with Crippen molar-refractivity contribution < 1.29 is 19.1 Å².